The Kier molecular flexibility index (Phi) is 7.34. The van der Waals surface area contributed by atoms with Gasteiger partial charge in [0.2, 0.25) is 0 Å². The third kappa shape index (κ3) is 4.29. The second-order valence-electron chi connectivity index (χ2n) is 11.6. The standard InChI is InChI=1S/C23H30N2.C9H18N2/c1-15-11-9-12-16(2)21(15)24-19(5)20(6)25(23(24,7)8)22-17(3)13-10-14-18(22)4;1-7-8(2)11(6)9(3,4)10(7)5/h9-14H,1-8H3;1-6H3. The summed E-state index contributed by atoms with van der Waals surface area (Å²) in [7, 11) is 4.28. The molecule has 2 aliphatic heterocycles. The van der Waals surface area contributed by atoms with Gasteiger partial charge in [0.25, 0.3) is 0 Å². The molecule has 0 aromatic heterocycles. The van der Waals surface area contributed by atoms with Crippen molar-refractivity contribution in [2.75, 3.05) is 23.9 Å². The average Bonchev–Trinajstić information content (AvgIpc) is 3.04. The number of hydrogen-bond donors (Lipinski definition) is 0. The van der Waals surface area contributed by atoms with Gasteiger partial charge < -0.3 is 19.6 Å². The predicted molar refractivity (Wildman–Crippen MR) is 157 cm³/mol. The molecule has 0 bridgehead atoms. The molecule has 2 aromatic rings. The maximum absolute atomic E-state index is 2.51. The van der Waals surface area contributed by atoms with Crippen LogP contribution in [0.5, 0.6) is 0 Å². The molecule has 0 unspecified atom stereocenters. The number of para-hydroxylation sites is 2. The highest BCUT2D eigenvalue weighted by atomic mass is 15.5. The second-order valence-corrected chi connectivity index (χ2v) is 11.6. The molecule has 36 heavy (non-hydrogen) atoms. The van der Waals surface area contributed by atoms with E-state index in [-0.39, 0.29) is 11.3 Å². The number of aryl methyl sites for hydroxylation is 4. The summed E-state index contributed by atoms with van der Waals surface area (Å²) in [5, 5.41) is 0. The van der Waals surface area contributed by atoms with Crippen LogP contribution in [-0.4, -0.2) is 35.2 Å². The molecule has 4 rings (SSSR count). The van der Waals surface area contributed by atoms with Crippen molar-refractivity contribution in [1.29, 1.82) is 0 Å². The molecule has 0 saturated carbocycles. The molecule has 4 heteroatoms. The van der Waals surface area contributed by atoms with E-state index in [0.717, 1.165) is 0 Å². The maximum atomic E-state index is 2.51. The Labute approximate surface area is 220 Å². The summed E-state index contributed by atoms with van der Waals surface area (Å²) < 4.78 is 0. The van der Waals surface area contributed by atoms with Crippen molar-refractivity contribution in [2.24, 2.45) is 0 Å². The van der Waals surface area contributed by atoms with Crippen LogP contribution in [0.15, 0.2) is 59.2 Å². The quantitative estimate of drug-likeness (QED) is 0.423. The first-order valence-electron chi connectivity index (χ1n) is 13.1. The Morgan fingerprint density at radius 3 is 0.944 bits per heavy atom. The molecule has 196 valence electrons. The Hall–Kier alpha value is -2.88. The Morgan fingerprint density at radius 2 is 0.722 bits per heavy atom. The van der Waals surface area contributed by atoms with E-state index in [1.807, 2.05) is 0 Å². The summed E-state index contributed by atoms with van der Waals surface area (Å²) >= 11 is 0. The molecule has 0 spiro atoms. The summed E-state index contributed by atoms with van der Waals surface area (Å²) in [6.07, 6.45) is 0. The summed E-state index contributed by atoms with van der Waals surface area (Å²) in [6, 6.07) is 13.1. The van der Waals surface area contributed by atoms with Gasteiger partial charge in [-0.2, -0.15) is 0 Å². The zero-order valence-electron chi connectivity index (χ0n) is 25.3. The summed E-state index contributed by atoms with van der Waals surface area (Å²) in [5.74, 6) is 0. The van der Waals surface area contributed by atoms with Gasteiger partial charge in [0.1, 0.15) is 11.3 Å². The van der Waals surface area contributed by atoms with Crippen molar-refractivity contribution in [1.82, 2.24) is 9.80 Å². The topological polar surface area (TPSA) is 13.0 Å². The van der Waals surface area contributed by atoms with Gasteiger partial charge in [-0.15, -0.1) is 0 Å². The van der Waals surface area contributed by atoms with Gasteiger partial charge in [-0.1, -0.05) is 36.4 Å². The Morgan fingerprint density at radius 1 is 0.444 bits per heavy atom. The minimum Gasteiger partial charge on any atom is -0.354 e. The molecule has 2 aromatic carbocycles. The van der Waals surface area contributed by atoms with Gasteiger partial charge in [0.15, 0.2) is 0 Å². The number of rotatable bonds is 2. The summed E-state index contributed by atoms with van der Waals surface area (Å²) in [4.78, 5) is 9.64. The molecule has 0 saturated heterocycles. The van der Waals surface area contributed by atoms with Crippen LogP contribution in [0.4, 0.5) is 11.4 Å². The minimum absolute atomic E-state index is 0.147. The van der Waals surface area contributed by atoms with E-state index in [9.17, 15) is 0 Å². The molecule has 0 amide bonds. The van der Waals surface area contributed by atoms with Crippen LogP contribution in [0.1, 0.15) is 77.6 Å². The first-order valence-corrected chi connectivity index (χ1v) is 13.1. The smallest absolute Gasteiger partial charge is 0.116 e. The van der Waals surface area contributed by atoms with Crippen molar-refractivity contribution in [3.8, 4) is 0 Å². The van der Waals surface area contributed by atoms with Crippen molar-refractivity contribution in [3.63, 3.8) is 0 Å². The highest BCUT2D eigenvalue weighted by Crippen LogP contribution is 2.47. The first kappa shape index (κ1) is 27.7. The normalized spacial score (nSPS) is 18.8. The van der Waals surface area contributed by atoms with Crippen LogP contribution < -0.4 is 9.80 Å². The van der Waals surface area contributed by atoms with Crippen molar-refractivity contribution >= 4 is 11.4 Å². The molecular weight excluding hydrogens is 440 g/mol. The van der Waals surface area contributed by atoms with Gasteiger partial charge in [0.05, 0.1) is 0 Å². The zero-order valence-corrected chi connectivity index (χ0v) is 25.3. The van der Waals surface area contributed by atoms with Crippen LogP contribution in [0.2, 0.25) is 0 Å². The van der Waals surface area contributed by atoms with E-state index in [4.69, 9.17) is 0 Å². The molecule has 0 fully saturated rings. The van der Waals surface area contributed by atoms with Gasteiger partial charge in [-0.25, -0.2) is 0 Å². The van der Waals surface area contributed by atoms with Crippen LogP contribution >= 0.6 is 0 Å². The molecule has 0 radical (unpaired) electrons. The number of allylic oxidation sites excluding steroid dienone is 4. The maximum Gasteiger partial charge on any atom is 0.116 e. The highest BCUT2D eigenvalue weighted by Gasteiger charge is 2.44. The molecule has 0 aliphatic carbocycles. The van der Waals surface area contributed by atoms with Crippen LogP contribution in [0.3, 0.4) is 0 Å². The van der Waals surface area contributed by atoms with Crippen molar-refractivity contribution in [2.45, 2.75) is 94.4 Å². The fourth-order valence-electron chi connectivity index (χ4n) is 5.98. The highest BCUT2D eigenvalue weighted by molar-refractivity contribution is 5.75. The fourth-order valence-corrected chi connectivity index (χ4v) is 5.98. The average molecular weight is 489 g/mol. The minimum atomic E-state index is -0.165. The lowest BCUT2D eigenvalue weighted by molar-refractivity contribution is 0.0917. The van der Waals surface area contributed by atoms with Crippen molar-refractivity contribution in [3.05, 3.63) is 81.4 Å². The molecule has 0 N–H and O–H groups in total. The van der Waals surface area contributed by atoms with Crippen molar-refractivity contribution < 1.29 is 0 Å². The monoisotopic (exact) mass is 488 g/mol. The second kappa shape index (κ2) is 9.53. The van der Waals surface area contributed by atoms with E-state index >= 15 is 0 Å². The largest absolute Gasteiger partial charge is 0.354 e. The van der Waals surface area contributed by atoms with E-state index < -0.39 is 0 Å². The summed E-state index contributed by atoms with van der Waals surface area (Å²) in [5.41, 5.74) is 13.3. The third-order valence-electron chi connectivity index (χ3n) is 8.79. The van der Waals surface area contributed by atoms with Crippen LogP contribution in [-0.2, 0) is 0 Å². The Bertz CT molecular complexity index is 1080. The van der Waals surface area contributed by atoms with Crippen LogP contribution in [0.25, 0.3) is 0 Å². The van der Waals surface area contributed by atoms with Gasteiger partial charge in [-0.3, -0.25) is 0 Å². The van der Waals surface area contributed by atoms with Gasteiger partial charge in [0, 0.05) is 48.3 Å². The van der Waals surface area contributed by atoms with E-state index in [1.54, 1.807) is 0 Å². The number of anilines is 2. The lowest BCUT2D eigenvalue weighted by atomic mass is 10.0. The molecule has 0 atom stereocenters. The third-order valence-corrected chi connectivity index (χ3v) is 8.79. The molecule has 2 heterocycles. The molecular formula is C32H48N4. The van der Waals surface area contributed by atoms with Crippen LogP contribution in [0, 0.1) is 27.7 Å². The van der Waals surface area contributed by atoms with Gasteiger partial charge in [-0.05, 0) is 105 Å². The zero-order chi connectivity index (χ0) is 27.3. The van der Waals surface area contributed by atoms with E-state index in [0.29, 0.717) is 0 Å². The molecule has 4 nitrogen and oxygen atoms in total. The lowest BCUT2D eigenvalue weighted by Crippen LogP contribution is -2.51. The van der Waals surface area contributed by atoms with Gasteiger partial charge >= 0.3 is 0 Å². The fraction of sp³-hybridized carbons (Fsp3) is 0.500. The molecule has 2 aliphatic rings. The first-order chi connectivity index (χ1) is 16.6. The number of hydrogen-bond acceptors (Lipinski definition) is 4. The summed E-state index contributed by atoms with van der Waals surface area (Å²) in [6.45, 7) is 26.8. The Balaban J connectivity index is 0.000000275. The number of benzene rings is 2. The predicted octanol–water partition coefficient (Wildman–Crippen LogP) is 8.09. The van der Waals surface area contributed by atoms with E-state index in [1.165, 1.54) is 56.4 Å². The lowest BCUT2D eigenvalue weighted by Gasteiger charge is -2.44. The van der Waals surface area contributed by atoms with E-state index in [2.05, 4.69) is 153 Å². The SMILES string of the molecule is CC1=C(C)N(C)C(C)(C)N1C.CC1=C(C)N(c2c(C)cccc2C)C(C)(C)N1c1c(C)cccc1C. The number of nitrogens with zero attached hydrogens (tertiary/aromatic N) is 4.